The van der Waals surface area contributed by atoms with Gasteiger partial charge in [0.1, 0.15) is 0 Å². The number of methoxy groups -OCH3 is 1. The molecule has 0 radical (unpaired) electrons. The summed E-state index contributed by atoms with van der Waals surface area (Å²) in [5.41, 5.74) is 1.94. The zero-order chi connectivity index (χ0) is 19.1. The van der Waals surface area contributed by atoms with Gasteiger partial charge in [-0.05, 0) is 70.1 Å². The van der Waals surface area contributed by atoms with E-state index in [9.17, 15) is 9.90 Å². The molecule has 0 saturated heterocycles. The summed E-state index contributed by atoms with van der Waals surface area (Å²) >= 11 is 0. The highest BCUT2D eigenvalue weighted by Gasteiger charge is 2.26. The van der Waals surface area contributed by atoms with Crippen molar-refractivity contribution >= 4 is 5.97 Å². The average Bonchev–Trinajstić information content (AvgIpc) is 2.61. The van der Waals surface area contributed by atoms with E-state index in [1.807, 2.05) is 32.0 Å². The van der Waals surface area contributed by atoms with Gasteiger partial charge in [0, 0.05) is 6.08 Å². The molecule has 0 heterocycles. The third-order valence-corrected chi connectivity index (χ3v) is 4.62. The Labute approximate surface area is 156 Å². The van der Waals surface area contributed by atoms with Crippen LogP contribution in [0, 0.1) is 5.92 Å². The van der Waals surface area contributed by atoms with Crippen molar-refractivity contribution in [1.82, 2.24) is 0 Å². The number of carbonyl (C=O) groups excluding carboxylic acids is 1. The van der Waals surface area contributed by atoms with Crippen molar-refractivity contribution in [2.24, 2.45) is 5.92 Å². The van der Waals surface area contributed by atoms with E-state index >= 15 is 0 Å². The number of hydrogen-bond acceptors (Lipinski definition) is 5. The van der Waals surface area contributed by atoms with Gasteiger partial charge < -0.3 is 19.3 Å². The Balaban J connectivity index is 2.04. The lowest BCUT2D eigenvalue weighted by atomic mass is 9.80. The van der Waals surface area contributed by atoms with Gasteiger partial charge in [0.15, 0.2) is 11.5 Å². The van der Waals surface area contributed by atoms with Crippen LogP contribution in [0.3, 0.4) is 0 Å². The summed E-state index contributed by atoms with van der Waals surface area (Å²) in [6.45, 7) is 6.11. The Bertz CT molecular complexity index is 625. The van der Waals surface area contributed by atoms with Gasteiger partial charge in [-0.1, -0.05) is 11.6 Å². The van der Waals surface area contributed by atoms with Crippen LogP contribution < -0.4 is 9.47 Å². The lowest BCUT2D eigenvalue weighted by Crippen LogP contribution is -2.18. The third kappa shape index (κ3) is 5.49. The molecule has 0 aromatic heterocycles. The second kappa shape index (κ2) is 9.62. The molecule has 0 aliphatic heterocycles. The number of carbonyl (C=O) groups is 1. The Morgan fingerprint density at radius 2 is 1.96 bits per heavy atom. The summed E-state index contributed by atoms with van der Waals surface area (Å²) < 4.78 is 16.1. The summed E-state index contributed by atoms with van der Waals surface area (Å²) in [5, 5.41) is 10.8. The maximum atomic E-state index is 11.6. The molecule has 1 aliphatic rings. The SMILES string of the molecule is CCOC(=O)C=C1CCC(C(O)c2ccc(OC)c(OC(C)C)c2)CC1. The molecular weight excluding hydrogens is 332 g/mol. The molecule has 2 rings (SSSR count). The Morgan fingerprint density at radius 3 is 2.54 bits per heavy atom. The van der Waals surface area contributed by atoms with Crippen LogP contribution in [-0.4, -0.2) is 30.9 Å². The Hall–Kier alpha value is -2.01. The quantitative estimate of drug-likeness (QED) is 0.582. The van der Waals surface area contributed by atoms with Crippen LogP contribution in [-0.2, 0) is 9.53 Å². The van der Waals surface area contributed by atoms with Gasteiger partial charge >= 0.3 is 5.97 Å². The number of rotatable bonds is 7. The zero-order valence-electron chi connectivity index (χ0n) is 16.2. The number of esters is 1. The highest BCUT2D eigenvalue weighted by molar-refractivity contribution is 5.82. The van der Waals surface area contributed by atoms with E-state index < -0.39 is 6.10 Å². The van der Waals surface area contributed by atoms with Crippen LogP contribution in [0.2, 0.25) is 0 Å². The molecule has 0 bridgehead atoms. The van der Waals surface area contributed by atoms with E-state index in [1.165, 1.54) is 0 Å². The first-order chi connectivity index (χ1) is 12.4. The van der Waals surface area contributed by atoms with Gasteiger partial charge in [-0.3, -0.25) is 0 Å². The topological polar surface area (TPSA) is 65.0 Å². The summed E-state index contributed by atoms with van der Waals surface area (Å²) in [4.78, 5) is 11.6. The fourth-order valence-corrected chi connectivity index (χ4v) is 3.32. The third-order valence-electron chi connectivity index (χ3n) is 4.62. The molecule has 1 fully saturated rings. The first-order valence-electron chi connectivity index (χ1n) is 9.33. The fraction of sp³-hybridized carbons (Fsp3) is 0.571. The first-order valence-corrected chi connectivity index (χ1v) is 9.33. The minimum atomic E-state index is -0.556. The van der Waals surface area contributed by atoms with Gasteiger partial charge in [-0.25, -0.2) is 4.79 Å². The number of ether oxygens (including phenoxy) is 3. The maximum Gasteiger partial charge on any atom is 0.330 e. The zero-order valence-corrected chi connectivity index (χ0v) is 16.2. The molecule has 1 aliphatic carbocycles. The lowest BCUT2D eigenvalue weighted by Gasteiger charge is -2.28. The summed E-state index contributed by atoms with van der Waals surface area (Å²) in [5.74, 6) is 1.21. The van der Waals surface area contributed by atoms with Crippen LogP contribution in [0.4, 0.5) is 0 Å². The van der Waals surface area contributed by atoms with Crippen molar-refractivity contribution in [3.8, 4) is 11.5 Å². The van der Waals surface area contributed by atoms with Crippen molar-refractivity contribution in [1.29, 1.82) is 0 Å². The largest absolute Gasteiger partial charge is 0.493 e. The van der Waals surface area contributed by atoms with Gasteiger partial charge in [0.25, 0.3) is 0 Å². The molecular formula is C21H30O5. The van der Waals surface area contributed by atoms with E-state index in [2.05, 4.69) is 0 Å². The standard InChI is InChI=1S/C21H30O5/c1-5-25-20(22)12-15-6-8-16(9-7-15)21(23)17-10-11-18(24-4)19(13-17)26-14(2)3/h10-14,16,21,23H,5-9H2,1-4H3. The highest BCUT2D eigenvalue weighted by Crippen LogP contribution is 2.39. The number of benzene rings is 1. The van der Waals surface area contributed by atoms with Crippen molar-refractivity contribution in [3.63, 3.8) is 0 Å². The molecule has 1 unspecified atom stereocenters. The molecule has 5 heteroatoms. The molecule has 26 heavy (non-hydrogen) atoms. The first kappa shape index (κ1) is 20.3. The molecule has 1 atom stereocenters. The van der Waals surface area contributed by atoms with Crippen molar-refractivity contribution in [3.05, 3.63) is 35.4 Å². The minimum Gasteiger partial charge on any atom is -0.493 e. The minimum absolute atomic E-state index is 0.0292. The average molecular weight is 362 g/mol. The summed E-state index contributed by atoms with van der Waals surface area (Å²) in [7, 11) is 1.61. The molecule has 0 amide bonds. The fourth-order valence-electron chi connectivity index (χ4n) is 3.32. The van der Waals surface area contributed by atoms with E-state index in [1.54, 1.807) is 20.1 Å². The number of allylic oxidation sites excluding steroid dienone is 1. The van der Waals surface area contributed by atoms with Crippen LogP contribution >= 0.6 is 0 Å². The van der Waals surface area contributed by atoms with Crippen molar-refractivity contribution < 1.29 is 24.1 Å². The van der Waals surface area contributed by atoms with Gasteiger partial charge in [-0.15, -0.1) is 0 Å². The second-order valence-corrected chi connectivity index (χ2v) is 6.91. The maximum absolute atomic E-state index is 11.6. The molecule has 1 saturated carbocycles. The smallest absolute Gasteiger partial charge is 0.330 e. The summed E-state index contributed by atoms with van der Waals surface area (Å²) in [6.07, 6.45) is 4.39. The second-order valence-electron chi connectivity index (χ2n) is 6.91. The van der Waals surface area contributed by atoms with Crippen LogP contribution in [0.15, 0.2) is 29.8 Å². The van der Waals surface area contributed by atoms with E-state index in [0.29, 0.717) is 18.1 Å². The van der Waals surface area contributed by atoms with Crippen molar-refractivity contribution in [2.75, 3.05) is 13.7 Å². The molecule has 144 valence electrons. The Kier molecular flexibility index (Phi) is 7.51. The predicted octanol–water partition coefficient (Wildman–Crippen LogP) is 4.20. The number of hydrogen-bond donors (Lipinski definition) is 1. The van der Waals surface area contributed by atoms with Gasteiger partial charge in [0.05, 0.1) is 25.9 Å². The lowest BCUT2D eigenvalue weighted by molar-refractivity contribution is -0.137. The normalized spacial score (nSPS) is 18.4. The predicted molar refractivity (Wildman–Crippen MR) is 100 cm³/mol. The van der Waals surface area contributed by atoms with Crippen LogP contribution in [0.1, 0.15) is 58.1 Å². The number of aliphatic hydroxyl groups excluding tert-OH is 1. The highest BCUT2D eigenvalue weighted by atomic mass is 16.5. The molecule has 1 aromatic carbocycles. The van der Waals surface area contributed by atoms with Crippen LogP contribution in [0.5, 0.6) is 11.5 Å². The van der Waals surface area contributed by atoms with Gasteiger partial charge in [-0.2, -0.15) is 0 Å². The molecule has 1 N–H and O–H groups in total. The summed E-state index contributed by atoms with van der Waals surface area (Å²) in [6, 6.07) is 5.60. The molecule has 1 aromatic rings. The monoisotopic (exact) mass is 362 g/mol. The van der Waals surface area contributed by atoms with Gasteiger partial charge in [0.2, 0.25) is 0 Å². The van der Waals surface area contributed by atoms with Crippen molar-refractivity contribution in [2.45, 2.75) is 58.7 Å². The number of aliphatic hydroxyl groups is 1. The molecule has 5 nitrogen and oxygen atoms in total. The van der Waals surface area contributed by atoms with E-state index in [-0.39, 0.29) is 18.0 Å². The van der Waals surface area contributed by atoms with E-state index in [4.69, 9.17) is 14.2 Å². The Morgan fingerprint density at radius 1 is 1.27 bits per heavy atom. The molecule has 0 spiro atoms. The van der Waals surface area contributed by atoms with Crippen LogP contribution in [0.25, 0.3) is 0 Å². The van der Waals surface area contributed by atoms with E-state index in [0.717, 1.165) is 36.8 Å².